The molecule has 6 nitrogen and oxygen atoms in total. The zero-order chi connectivity index (χ0) is 10.4. The maximum Gasteiger partial charge on any atom is 0.241 e. The third-order valence-corrected chi connectivity index (χ3v) is 1.67. The highest BCUT2D eigenvalue weighted by Gasteiger charge is 2.13. The molecule has 0 spiro atoms. The van der Waals surface area contributed by atoms with Crippen molar-refractivity contribution in [3.05, 3.63) is 12.5 Å². The molecule has 0 aliphatic rings. The summed E-state index contributed by atoms with van der Waals surface area (Å²) < 4.78 is 9.35. The van der Waals surface area contributed by atoms with Gasteiger partial charge in [-0.3, -0.25) is 4.79 Å². The van der Waals surface area contributed by atoms with Crippen molar-refractivity contribution in [2.75, 3.05) is 19.0 Å². The summed E-state index contributed by atoms with van der Waals surface area (Å²) in [7, 11) is 1.56. The smallest absolute Gasteiger partial charge is 0.241 e. The molecule has 6 heteroatoms. The SMILES string of the molecule is COCCC(N)C(=O)Nc1cnoc1. The van der Waals surface area contributed by atoms with Crippen LogP contribution in [-0.2, 0) is 9.53 Å². The van der Waals surface area contributed by atoms with Crippen LogP contribution in [-0.4, -0.2) is 30.8 Å². The van der Waals surface area contributed by atoms with Crippen LogP contribution in [0, 0.1) is 0 Å². The Balaban J connectivity index is 2.34. The molecular weight excluding hydrogens is 186 g/mol. The van der Waals surface area contributed by atoms with Gasteiger partial charge in [-0.05, 0) is 6.42 Å². The van der Waals surface area contributed by atoms with Crippen molar-refractivity contribution in [2.45, 2.75) is 12.5 Å². The number of amides is 1. The molecule has 1 heterocycles. The molecule has 1 rings (SSSR count). The summed E-state index contributed by atoms with van der Waals surface area (Å²) in [5.74, 6) is -0.273. The van der Waals surface area contributed by atoms with Crippen molar-refractivity contribution in [1.29, 1.82) is 0 Å². The molecule has 3 N–H and O–H groups in total. The van der Waals surface area contributed by atoms with E-state index in [9.17, 15) is 4.79 Å². The monoisotopic (exact) mass is 199 g/mol. The first-order chi connectivity index (χ1) is 6.74. The summed E-state index contributed by atoms with van der Waals surface area (Å²) in [6.45, 7) is 0.457. The second-order valence-corrected chi connectivity index (χ2v) is 2.79. The van der Waals surface area contributed by atoms with E-state index in [4.69, 9.17) is 10.5 Å². The Hall–Kier alpha value is -1.40. The fourth-order valence-corrected chi connectivity index (χ4v) is 0.877. The van der Waals surface area contributed by atoms with E-state index in [-0.39, 0.29) is 5.91 Å². The van der Waals surface area contributed by atoms with Crippen LogP contribution in [0.2, 0.25) is 0 Å². The van der Waals surface area contributed by atoms with Gasteiger partial charge in [0.15, 0.2) is 0 Å². The molecule has 0 fully saturated rings. The van der Waals surface area contributed by atoms with Gasteiger partial charge < -0.3 is 20.3 Å². The van der Waals surface area contributed by atoms with Crippen molar-refractivity contribution in [3.63, 3.8) is 0 Å². The standard InChI is InChI=1S/C8H13N3O3/c1-13-3-2-7(9)8(12)11-6-4-10-14-5-6/h4-5,7H,2-3,9H2,1H3,(H,11,12). The molecule has 14 heavy (non-hydrogen) atoms. The minimum absolute atomic E-state index is 0.273. The van der Waals surface area contributed by atoms with Crippen LogP contribution in [0.3, 0.4) is 0 Å². The quantitative estimate of drug-likeness (QED) is 0.695. The Bertz CT molecular complexity index is 273. The minimum atomic E-state index is -0.579. The fraction of sp³-hybridized carbons (Fsp3) is 0.500. The number of aromatic nitrogens is 1. The predicted octanol–water partition coefficient (Wildman–Crippen LogP) is -0.0231. The molecule has 1 atom stereocenters. The van der Waals surface area contributed by atoms with Crippen LogP contribution in [0.4, 0.5) is 5.69 Å². The number of nitrogens with two attached hydrogens (primary N) is 1. The van der Waals surface area contributed by atoms with Crippen LogP contribution in [0.25, 0.3) is 0 Å². The number of hydrogen-bond acceptors (Lipinski definition) is 5. The van der Waals surface area contributed by atoms with E-state index in [1.807, 2.05) is 0 Å². The van der Waals surface area contributed by atoms with Crippen LogP contribution in [0.1, 0.15) is 6.42 Å². The minimum Gasteiger partial charge on any atom is -0.385 e. The molecule has 78 valence electrons. The van der Waals surface area contributed by atoms with Crippen LogP contribution in [0.5, 0.6) is 0 Å². The maximum absolute atomic E-state index is 11.4. The highest BCUT2D eigenvalue weighted by Crippen LogP contribution is 2.04. The number of nitrogens with zero attached hydrogens (tertiary/aromatic N) is 1. The molecule has 0 aliphatic carbocycles. The Morgan fingerprint density at radius 1 is 1.86 bits per heavy atom. The Kier molecular flexibility index (Phi) is 4.09. The average Bonchev–Trinajstić information content (AvgIpc) is 2.66. The van der Waals surface area contributed by atoms with Gasteiger partial charge in [-0.2, -0.15) is 0 Å². The van der Waals surface area contributed by atoms with Gasteiger partial charge in [0.05, 0.1) is 12.2 Å². The summed E-state index contributed by atoms with van der Waals surface area (Å²) in [5.41, 5.74) is 6.08. The number of carbonyl (C=O) groups excluding carboxylic acids is 1. The first kappa shape index (κ1) is 10.7. The van der Waals surface area contributed by atoms with Gasteiger partial charge >= 0.3 is 0 Å². The summed E-state index contributed by atoms with van der Waals surface area (Å²) in [4.78, 5) is 11.4. The molecule has 1 aromatic rings. The second kappa shape index (κ2) is 5.36. The molecule has 0 aromatic carbocycles. The number of carbonyl (C=O) groups is 1. The molecule has 1 unspecified atom stereocenters. The van der Waals surface area contributed by atoms with Gasteiger partial charge in [-0.1, -0.05) is 5.16 Å². The maximum atomic E-state index is 11.4. The number of hydrogen-bond donors (Lipinski definition) is 2. The zero-order valence-corrected chi connectivity index (χ0v) is 7.90. The van der Waals surface area contributed by atoms with Crippen molar-refractivity contribution >= 4 is 11.6 Å². The highest BCUT2D eigenvalue weighted by molar-refractivity contribution is 5.94. The van der Waals surface area contributed by atoms with E-state index in [0.29, 0.717) is 18.7 Å². The molecular formula is C8H13N3O3. The van der Waals surface area contributed by atoms with E-state index in [1.165, 1.54) is 12.5 Å². The summed E-state index contributed by atoms with van der Waals surface area (Å²) in [5, 5.41) is 6.00. The summed E-state index contributed by atoms with van der Waals surface area (Å²) >= 11 is 0. The van der Waals surface area contributed by atoms with E-state index in [1.54, 1.807) is 7.11 Å². The fourth-order valence-electron chi connectivity index (χ4n) is 0.877. The molecule has 0 bridgehead atoms. The van der Waals surface area contributed by atoms with E-state index >= 15 is 0 Å². The number of ether oxygens (including phenoxy) is 1. The first-order valence-corrected chi connectivity index (χ1v) is 4.19. The molecule has 0 radical (unpaired) electrons. The normalized spacial score (nSPS) is 12.4. The number of anilines is 1. The topological polar surface area (TPSA) is 90.4 Å². The third-order valence-electron chi connectivity index (χ3n) is 1.67. The molecule has 0 aliphatic heterocycles. The van der Waals surface area contributed by atoms with Gasteiger partial charge in [-0.15, -0.1) is 0 Å². The summed E-state index contributed by atoms with van der Waals surface area (Å²) in [6.07, 6.45) is 3.22. The van der Waals surface area contributed by atoms with Gasteiger partial charge in [0.25, 0.3) is 0 Å². The molecule has 1 amide bonds. The van der Waals surface area contributed by atoms with Gasteiger partial charge in [0.1, 0.15) is 12.0 Å². The Labute approximate surface area is 81.4 Å². The highest BCUT2D eigenvalue weighted by atomic mass is 16.5. The van der Waals surface area contributed by atoms with Crippen LogP contribution >= 0.6 is 0 Å². The van der Waals surface area contributed by atoms with Crippen LogP contribution < -0.4 is 11.1 Å². The van der Waals surface area contributed by atoms with E-state index in [2.05, 4.69) is 15.0 Å². The average molecular weight is 199 g/mol. The van der Waals surface area contributed by atoms with Crippen molar-refractivity contribution in [2.24, 2.45) is 5.73 Å². The Morgan fingerprint density at radius 3 is 3.21 bits per heavy atom. The van der Waals surface area contributed by atoms with Crippen molar-refractivity contribution in [1.82, 2.24) is 5.16 Å². The zero-order valence-electron chi connectivity index (χ0n) is 7.90. The van der Waals surface area contributed by atoms with Gasteiger partial charge in [0, 0.05) is 13.7 Å². The second-order valence-electron chi connectivity index (χ2n) is 2.79. The lowest BCUT2D eigenvalue weighted by Crippen LogP contribution is -2.36. The lowest BCUT2D eigenvalue weighted by Gasteiger charge is -2.09. The lowest BCUT2D eigenvalue weighted by atomic mass is 10.2. The number of methoxy groups -OCH3 is 1. The predicted molar refractivity (Wildman–Crippen MR) is 49.6 cm³/mol. The molecule has 1 aromatic heterocycles. The van der Waals surface area contributed by atoms with Gasteiger partial charge in [0.2, 0.25) is 5.91 Å². The molecule has 0 saturated heterocycles. The molecule has 0 saturated carbocycles. The van der Waals surface area contributed by atoms with Crippen molar-refractivity contribution in [3.8, 4) is 0 Å². The van der Waals surface area contributed by atoms with E-state index in [0.717, 1.165) is 0 Å². The van der Waals surface area contributed by atoms with Gasteiger partial charge in [-0.25, -0.2) is 0 Å². The first-order valence-electron chi connectivity index (χ1n) is 4.19. The number of rotatable bonds is 5. The summed E-state index contributed by atoms with van der Waals surface area (Å²) in [6, 6.07) is -0.579. The largest absolute Gasteiger partial charge is 0.385 e. The van der Waals surface area contributed by atoms with Crippen LogP contribution in [0.15, 0.2) is 17.0 Å². The Morgan fingerprint density at radius 2 is 2.64 bits per heavy atom. The van der Waals surface area contributed by atoms with E-state index < -0.39 is 6.04 Å². The third kappa shape index (κ3) is 3.15. The number of nitrogens with one attached hydrogen (secondary N) is 1. The van der Waals surface area contributed by atoms with Crippen molar-refractivity contribution < 1.29 is 14.1 Å². The lowest BCUT2D eigenvalue weighted by molar-refractivity contribution is -0.117.